The summed E-state index contributed by atoms with van der Waals surface area (Å²) < 4.78 is 5.69. The number of anilines is 2. The maximum absolute atomic E-state index is 13.4. The summed E-state index contributed by atoms with van der Waals surface area (Å²) in [4.78, 5) is 95.5. The summed E-state index contributed by atoms with van der Waals surface area (Å²) in [6, 6.07) is 20.7. The number of nitrogens with zero attached hydrogens (tertiary/aromatic N) is 3. The minimum Gasteiger partial charge on any atom is -0.464 e. The Hall–Kier alpha value is -6.19. The number of para-hydroxylation sites is 1. The Kier molecular flexibility index (Phi) is 13.4. The van der Waals surface area contributed by atoms with E-state index in [0.29, 0.717) is 48.4 Å². The molecule has 320 valence electrons. The number of piperidine rings is 1. The SMILES string of the molecule is CC(C)(CC(=O)OCCN1CCN(CCNC=C2C(=O)CC(c3ccccc3)CC2=O)CC1)c1ccccc1NC(=O)Nc1cccc2c1CN(C1CCC(=O)NC1=O)C2=O. The van der Waals surface area contributed by atoms with E-state index in [1.807, 2.05) is 56.3 Å². The number of imide groups is 1. The molecule has 61 heavy (non-hydrogen) atoms. The number of nitrogens with one attached hydrogen (secondary N) is 4. The molecule has 0 spiro atoms. The molecule has 3 aromatic rings. The number of Topliss-reactive ketones (excluding diaryl/α,β-unsaturated/α-hetero) is 2. The number of ketones is 2. The number of rotatable bonds is 14. The Morgan fingerprint density at radius 1 is 0.820 bits per heavy atom. The molecular weight excluding hydrogens is 779 g/mol. The number of amides is 5. The predicted octanol–water partition coefficient (Wildman–Crippen LogP) is 4.11. The molecule has 3 heterocycles. The Morgan fingerprint density at radius 3 is 2.20 bits per heavy atom. The van der Waals surface area contributed by atoms with Crippen LogP contribution in [0.15, 0.2) is 84.6 Å². The van der Waals surface area contributed by atoms with Crippen LogP contribution in [-0.4, -0.2) is 114 Å². The van der Waals surface area contributed by atoms with E-state index < -0.39 is 23.4 Å². The highest BCUT2D eigenvalue weighted by Gasteiger charge is 2.40. The molecule has 5 amide bonds. The zero-order chi connectivity index (χ0) is 43.1. The van der Waals surface area contributed by atoms with E-state index in [-0.39, 0.29) is 73.3 Å². The third-order valence-electron chi connectivity index (χ3n) is 12.0. The standard InChI is InChI=1S/C46H53N7O8/c1-46(2,35-12-6-7-13-37(35)49-45(60)48-36-14-8-11-32-34(36)29-53(44(32)59)38-15-16-41(56)50-43(38)58)27-42(57)61-24-23-52-21-19-51(20-22-52)18-17-47-28-33-39(54)25-31(26-40(33)55)30-9-4-3-5-10-30/h3-14,28,31,38,47H,15-27,29H2,1-2H3,(H2,48,49,60)(H,50,56,58). The van der Waals surface area contributed by atoms with Crippen molar-refractivity contribution in [3.8, 4) is 0 Å². The lowest BCUT2D eigenvalue weighted by Crippen LogP contribution is -2.52. The molecule has 1 saturated carbocycles. The lowest BCUT2D eigenvalue weighted by molar-refractivity contribution is -0.145. The molecule has 4 N–H and O–H groups in total. The van der Waals surface area contributed by atoms with E-state index in [1.165, 1.54) is 4.90 Å². The van der Waals surface area contributed by atoms with Crippen molar-refractivity contribution < 1.29 is 38.3 Å². The van der Waals surface area contributed by atoms with Gasteiger partial charge in [0.1, 0.15) is 12.6 Å². The average molecular weight is 832 g/mol. The molecule has 3 aromatic carbocycles. The number of allylic oxidation sites excluding steroid dienone is 1. The topological polar surface area (TPSA) is 187 Å². The second kappa shape index (κ2) is 19.0. The van der Waals surface area contributed by atoms with E-state index in [4.69, 9.17) is 4.74 Å². The number of fused-ring (bicyclic) bond motifs is 1. The first-order chi connectivity index (χ1) is 29.4. The number of hydrogen-bond acceptors (Lipinski definition) is 11. The molecule has 1 aliphatic carbocycles. The second-order valence-corrected chi connectivity index (χ2v) is 16.7. The fourth-order valence-corrected chi connectivity index (χ4v) is 8.61. The van der Waals surface area contributed by atoms with Gasteiger partial charge in [-0.15, -0.1) is 0 Å². The molecule has 0 aromatic heterocycles. The van der Waals surface area contributed by atoms with Crippen molar-refractivity contribution in [3.63, 3.8) is 0 Å². The fraction of sp³-hybridized carbons (Fsp3) is 0.413. The van der Waals surface area contributed by atoms with Crippen molar-refractivity contribution in [1.29, 1.82) is 0 Å². The number of carbonyl (C=O) groups excluding carboxylic acids is 7. The van der Waals surface area contributed by atoms with Gasteiger partial charge in [0.25, 0.3) is 5.91 Å². The molecule has 4 aliphatic rings. The van der Waals surface area contributed by atoms with Gasteiger partial charge >= 0.3 is 12.0 Å². The minimum absolute atomic E-state index is 0.0669. The van der Waals surface area contributed by atoms with Crippen molar-refractivity contribution in [2.45, 2.75) is 69.9 Å². The van der Waals surface area contributed by atoms with E-state index in [2.05, 4.69) is 31.1 Å². The molecular formula is C46H53N7O8. The summed E-state index contributed by atoms with van der Waals surface area (Å²) in [5.41, 5.74) is 3.24. The first kappa shape index (κ1) is 42.9. The molecule has 3 fully saturated rings. The normalized spacial score (nSPS) is 19.9. The first-order valence-corrected chi connectivity index (χ1v) is 21.0. The van der Waals surface area contributed by atoms with E-state index in [0.717, 1.165) is 43.9 Å². The average Bonchev–Trinajstić information content (AvgIpc) is 3.57. The lowest BCUT2D eigenvalue weighted by atomic mass is 9.80. The third kappa shape index (κ3) is 10.4. The summed E-state index contributed by atoms with van der Waals surface area (Å²) in [7, 11) is 0. The number of hydrogen-bond donors (Lipinski definition) is 4. The maximum atomic E-state index is 13.4. The quantitative estimate of drug-likeness (QED) is 0.0603. The number of ether oxygens (including phenoxy) is 1. The number of carbonyl (C=O) groups is 7. The van der Waals surface area contributed by atoms with Gasteiger partial charge in [-0.05, 0) is 41.7 Å². The van der Waals surface area contributed by atoms with E-state index in [9.17, 15) is 33.6 Å². The molecule has 3 aliphatic heterocycles. The molecule has 2 saturated heterocycles. The van der Waals surface area contributed by atoms with Crippen molar-refractivity contribution in [2.24, 2.45) is 0 Å². The van der Waals surface area contributed by atoms with Gasteiger partial charge in [0.15, 0.2) is 11.6 Å². The van der Waals surface area contributed by atoms with Crippen LogP contribution in [0.2, 0.25) is 0 Å². The zero-order valence-electron chi connectivity index (χ0n) is 34.7. The van der Waals surface area contributed by atoms with Crippen LogP contribution in [-0.2, 0) is 40.7 Å². The van der Waals surface area contributed by atoms with Crippen molar-refractivity contribution in [3.05, 3.63) is 107 Å². The molecule has 15 nitrogen and oxygen atoms in total. The largest absolute Gasteiger partial charge is 0.464 e. The van der Waals surface area contributed by atoms with Crippen molar-refractivity contribution in [1.82, 2.24) is 25.3 Å². The van der Waals surface area contributed by atoms with Crippen LogP contribution < -0.4 is 21.3 Å². The van der Waals surface area contributed by atoms with Crippen LogP contribution in [0.3, 0.4) is 0 Å². The summed E-state index contributed by atoms with van der Waals surface area (Å²) in [6.07, 6.45) is 2.73. The van der Waals surface area contributed by atoms with Gasteiger partial charge < -0.3 is 25.6 Å². The highest BCUT2D eigenvalue weighted by Crippen LogP contribution is 2.35. The van der Waals surface area contributed by atoms with Crippen molar-refractivity contribution in [2.75, 3.05) is 63.1 Å². The molecule has 1 atom stereocenters. The van der Waals surface area contributed by atoms with E-state index >= 15 is 0 Å². The van der Waals surface area contributed by atoms with Gasteiger partial charge in [0.2, 0.25) is 11.8 Å². The summed E-state index contributed by atoms with van der Waals surface area (Å²) in [5.74, 6) is -1.86. The Morgan fingerprint density at radius 2 is 1.48 bits per heavy atom. The third-order valence-corrected chi connectivity index (χ3v) is 12.0. The minimum atomic E-state index is -0.772. The fourth-order valence-electron chi connectivity index (χ4n) is 8.61. The molecule has 0 radical (unpaired) electrons. The predicted molar refractivity (Wildman–Crippen MR) is 228 cm³/mol. The molecule has 0 bridgehead atoms. The molecule has 7 rings (SSSR count). The highest BCUT2D eigenvalue weighted by molar-refractivity contribution is 6.22. The summed E-state index contributed by atoms with van der Waals surface area (Å²) >= 11 is 0. The highest BCUT2D eigenvalue weighted by atomic mass is 16.5. The number of esters is 1. The van der Waals surface area contributed by atoms with Gasteiger partial charge in [-0.2, -0.15) is 0 Å². The Bertz CT molecular complexity index is 2200. The first-order valence-electron chi connectivity index (χ1n) is 21.0. The smallest absolute Gasteiger partial charge is 0.323 e. The molecule has 15 heteroatoms. The second-order valence-electron chi connectivity index (χ2n) is 16.7. The Balaban J connectivity index is 0.823. The van der Waals surface area contributed by atoms with Crippen LogP contribution in [0.1, 0.15) is 78.9 Å². The van der Waals surface area contributed by atoms with Crippen LogP contribution in [0.4, 0.5) is 16.2 Å². The Labute approximate surface area is 355 Å². The zero-order valence-corrected chi connectivity index (χ0v) is 34.7. The maximum Gasteiger partial charge on any atom is 0.323 e. The lowest BCUT2D eigenvalue weighted by Gasteiger charge is -2.34. The van der Waals surface area contributed by atoms with Crippen LogP contribution in [0.5, 0.6) is 0 Å². The van der Waals surface area contributed by atoms with Gasteiger partial charge in [-0.1, -0.05) is 68.4 Å². The van der Waals surface area contributed by atoms with Crippen molar-refractivity contribution >= 4 is 52.7 Å². The van der Waals surface area contributed by atoms with Crippen LogP contribution in [0, 0.1) is 0 Å². The number of urea groups is 1. The van der Waals surface area contributed by atoms with Crippen LogP contribution in [0.25, 0.3) is 0 Å². The van der Waals surface area contributed by atoms with Gasteiger partial charge in [-0.3, -0.25) is 43.9 Å². The van der Waals surface area contributed by atoms with Gasteiger partial charge in [0.05, 0.1) is 12.0 Å². The summed E-state index contributed by atoms with van der Waals surface area (Å²) in [6.45, 7) is 9.54. The molecule has 1 unspecified atom stereocenters. The number of benzene rings is 3. The summed E-state index contributed by atoms with van der Waals surface area (Å²) in [5, 5.41) is 11.3. The number of piperazine rings is 1. The van der Waals surface area contributed by atoms with Crippen LogP contribution >= 0.6 is 0 Å². The van der Waals surface area contributed by atoms with Gasteiger partial charge in [0, 0.05) is 106 Å². The monoisotopic (exact) mass is 831 g/mol. The van der Waals surface area contributed by atoms with E-state index in [1.54, 1.807) is 36.5 Å². The van der Waals surface area contributed by atoms with Gasteiger partial charge in [-0.25, -0.2) is 4.79 Å².